The van der Waals surface area contributed by atoms with Crippen molar-refractivity contribution in [1.29, 1.82) is 0 Å². The zero-order valence-electron chi connectivity index (χ0n) is 12.6. The van der Waals surface area contributed by atoms with Gasteiger partial charge >= 0.3 is 0 Å². The van der Waals surface area contributed by atoms with Crippen LogP contribution in [0.5, 0.6) is 0 Å². The summed E-state index contributed by atoms with van der Waals surface area (Å²) in [6.45, 7) is 0.538. The van der Waals surface area contributed by atoms with Gasteiger partial charge in [-0.3, -0.25) is 14.2 Å². The number of nitrogens with zero attached hydrogens (tertiary/aromatic N) is 4. The fourth-order valence-electron chi connectivity index (χ4n) is 2.90. The lowest BCUT2D eigenvalue weighted by Gasteiger charge is -2.15. The molecule has 7 heteroatoms. The van der Waals surface area contributed by atoms with Crippen LogP contribution in [0.2, 0.25) is 0 Å². The van der Waals surface area contributed by atoms with Crippen molar-refractivity contribution in [2.75, 3.05) is 11.9 Å². The smallest absolute Gasteiger partial charge is 0.229 e. The number of rotatable bonds is 4. The van der Waals surface area contributed by atoms with Gasteiger partial charge in [0.25, 0.3) is 0 Å². The van der Waals surface area contributed by atoms with E-state index in [2.05, 4.69) is 15.3 Å². The van der Waals surface area contributed by atoms with E-state index in [0.29, 0.717) is 24.7 Å². The normalized spacial score (nSPS) is 20.8. The topological polar surface area (TPSA) is 80.1 Å². The Balaban J connectivity index is 1.40. The molecule has 4 rings (SSSR count). The number of imidazole rings is 1. The van der Waals surface area contributed by atoms with Crippen LogP contribution in [0.3, 0.4) is 0 Å². The van der Waals surface area contributed by atoms with Crippen LogP contribution in [0.1, 0.15) is 19.3 Å². The van der Waals surface area contributed by atoms with Crippen molar-refractivity contribution in [1.82, 2.24) is 19.4 Å². The number of amides is 2. The third-order valence-corrected chi connectivity index (χ3v) is 4.30. The number of nitrogens with one attached hydrogen (secondary N) is 1. The van der Waals surface area contributed by atoms with E-state index < -0.39 is 0 Å². The van der Waals surface area contributed by atoms with Crippen LogP contribution in [-0.2, 0) is 9.59 Å². The molecule has 3 heterocycles. The van der Waals surface area contributed by atoms with E-state index in [-0.39, 0.29) is 17.7 Å². The number of carbonyl (C=O) groups is 2. The summed E-state index contributed by atoms with van der Waals surface area (Å²) in [6.07, 6.45) is 9.21. The maximum atomic E-state index is 12.3. The Kier molecular flexibility index (Phi) is 3.33. The van der Waals surface area contributed by atoms with Crippen LogP contribution in [0, 0.1) is 5.92 Å². The van der Waals surface area contributed by atoms with Crippen molar-refractivity contribution >= 4 is 17.5 Å². The van der Waals surface area contributed by atoms with Gasteiger partial charge in [-0.2, -0.15) is 0 Å². The second-order valence-electron chi connectivity index (χ2n) is 6.04. The van der Waals surface area contributed by atoms with Crippen LogP contribution in [0.25, 0.3) is 5.82 Å². The molecule has 1 N–H and O–H groups in total. The Morgan fingerprint density at radius 2 is 2.17 bits per heavy atom. The lowest BCUT2D eigenvalue weighted by Crippen LogP contribution is -2.29. The van der Waals surface area contributed by atoms with E-state index in [9.17, 15) is 9.59 Å². The first-order valence-electron chi connectivity index (χ1n) is 7.75. The van der Waals surface area contributed by atoms with E-state index in [4.69, 9.17) is 0 Å². The second-order valence-corrected chi connectivity index (χ2v) is 6.04. The van der Waals surface area contributed by atoms with Gasteiger partial charge in [0.15, 0.2) is 0 Å². The Morgan fingerprint density at radius 1 is 1.30 bits per heavy atom. The molecule has 7 nitrogen and oxygen atoms in total. The minimum absolute atomic E-state index is 0.0984. The van der Waals surface area contributed by atoms with Gasteiger partial charge in [-0.25, -0.2) is 9.97 Å². The molecule has 1 saturated carbocycles. The first kappa shape index (κ1) is 13.9. The molecule has 0 radical (unpaired) electrons. The highest BCUT2D eigenvalue weighted by molar-refractivity contribution is 5.97. The van der Waals surface area contributed by atoms with Gasteiger partial charge in [0.05, 0.1) is 17.8 Å². The molecule has 1 atom stereocenters. The van der Waals surface area contributed by atoms with Gasteiger partial charge in [0.1, 0.15) is 12.1 Å². The Hall–Kier alpha value is -2.70. The van der Waals surface area contributed by atoms with Crippen molar-refractivity contribution in [2.24, 2.45) is 5.92 Å². The van der Waals surface area contributed by atoms with Crippen molar-refractivity contribution < 1.29 is 9.59 Å². The summed E-state index contributed by atoms with van der Waals surface area (Å²) in [5.41, 5.74) is 0.635. The standard InChI is InChI=1S/C16H17N5O2/c22-15-7-11(9-21(15)13-2-3-13)16(23)19-12-1-4-14(18-8-12)20-6-5-17-10-20/h1,4-6,8,10-11,13H,2-3,7,9H2,(H,19,23). The Morgan fingerprint density at radius 3 is 2.83 bits per heavy atom. The molecule has 2 aromatic rings. The highest BCUT2D eigenvalue weighted by Gasteiger charge is 2.41. The predicted molar refractivity (Wildman–Crippen MR) is 82.8 cm³/mol. The van der Waals surface area contributed by atoms with Crippen molar-refractivity contribution in [3.8, 4) is 5.82 Å². The zero-order chi connectivity index (χ0) is 15.8. The summed E-state index contributed by atoms with van der Waals surface area (Å²) in [6, 6.07) is 3.99. The molecule has 2 amide bonds. The van der Waals surface area contributed by atoms with Crippen LogP contribution < -0.4 is 5.32 Å². The van der Waals surface area contributed by atoms with E-state index >= 15 is 0 Å². The molecular weight excluding hydrogens is 294 g/mol. The quantitative estimate of drug-likeness (QED) is 0.920. The number of anilines is 1. The lowest BCUT2D eigenvalue weighted by atomic mass is 10.1. The SMILES string of the molecule is O=C(Nc1ccc(-n2ccnc2)nc1)C1CC(=O)N(C2CC2)C1. The molecule has 1 saturated heterocycles. The monoisotopic (exact) mass is 311 g/mol. The summed E-state index contributed by atoms with van der Waals surface area (Å²) >= 11 is 0. The Labute approximate surface area is 133 Å². The van der Waals surface area contributed by atoms with Crippen LogP contribution >= 0.6 is 0 Å². The number of aromatic nitrogens is 3. The molecule has 1 unspecified atom stereocenters. The predicted octanol–water partition coefficient (Wildman–Crippen LogP) is 1.22. The van der Waals surface area contributed by atoms with Crippen molar-refractivity contribution in [2.45, 2.75) is 25.3 Å². The molecule has 0 aromatic carbocycles. The largest absolute Gasteiger partial charge is 0.339 e. The molecule has 118 valence electrons. The highest BCUT2D eigenvalue weighted by Crippen LogP contribution is 2.32. The number of carbonyl (C=O) groups excluding carboxylic acids is 2. The van der Waals surface area contributed by atoms with Crippen molar-refractivity contribution in [3.05, 3.63) is 37.1 Å². The van der Waals surface area contributed by atoms with E-state index in [1.54, 1.807) is 35.6 Å². The van der Waals surface area contributed by atoms with Gasteiger partial charge in [-0.15, -0.1) is 0 Å². The lowest BCUT2D eigenvalue weighted by molar-refractivity contribution is -0.128. The molecule has 2 fully saturated rings. The molecule has 2 aromatic heterocycles. The average Bonchev–Trinajstić information content (AvgIpc) is 3.09. The summed E-state index contributed by atoms with van der Waals surface area (Å²) in [5.74, 6) is 0.452. The first-order chi connectivity index (χ1) is 11.2. The number of hydrogen-bond donors (Lipinski definition) is 1. The molecule has 0 spiro atoms. The second kappa shape index (κ2) is 5.49. The van der Waals surface area contributed by atoms with Gasteiger partial charge in [-0.1, -0.05) is 0 Å². The average molecular weight is 311 g/mol. The molecule has 0 bridgehead atoms. The van der Waals surface area contributed by atoms with E-state index in [1.807, 2.05) is 11.0 Å². The van der Waals surface area contributed by atoms with Gasteiger partial charge < -0.3 is 10.2 Å². The van der Waals surface area contributed by atoms with Gasteiger partial charge in [0, 0.05) is 31.4 Å². The maximum Gasteiger partial charge on any atom is 0.229 e. The van der Waals surface area contributed by atoms with Crippen LogP contribution in [-0.4, -0.2) is 43.8 Å². The van der Waals surface area contributed by atoms with Crippen molar-refractivity contribution in [3.63, 3.8) is 0 Å². The number of hydrogen-bond acceptors (Lipinski definition) is 4. The molecule has 23 heavy (non-hydrogen) atoms. The zero-order valence-corrected chi connectivity index (χ0v) is 12.6. The third kappa shape index (κ3) is 2.81. The van der Waals surface area contributed by atoms with E-state index in [0.717, 1.165) is 18.7 Å². The minimum Gasteiger partial charge on any atom is -0.339 e. The number of pyridine rings is 1. The molecule has 1 aliphatic heterocycles. The molecular formula is C16H17N5O2. The minimum atomic E-state index is -0.267. The summed E-state index contributed by atoms with van der Waals surface area (Å²) in [5, 5.41) is 2.85. The summed E-state index contributed by atoms with van der Waals surface area (Å²) in [7, 11) is 0. The highest BCUT2D eigenvalue weighted by atomic mass is 16.2. The van der Waals surface area contributed by atoms with E-state index in [1.165, 1.54) is 0 Å². The fraction of sp³-hybridized carbons (Fsp3) is 0.375. The first-order valence-corrected chi connectivity index (χ1v) is 7.75. The Bertz CT molecular complexity index is 721. The fourth-order valence-corrected chi connectivity index (χ4v) is 2.90. The van der Waals surface area contributed by atoms with Crippen LogP contribution in [0.4, 0.5) is 5.69 Å². The maximum absolute atomic E-state index is 12.3. The van der Waals surface area contributed by atoms with Gasteiger partial charge in [-0.05, 0) is 25.0 Å². The molecule has 2 aliphatic rings. The number of likely N-dealkylation sites (tertiary alicyclic amines) is 1. The van der Waals surface area contributed by atoms with Gasteiger partial charge in [0.2, 0.25) is 11.8 Å². The molecule has 1 aliphatic carbocycles. The van der Waals surface area contributed by atoms with Crippen LogP contribution in [0.15, 0.2) is 37.1 Å². The third-order valence-electron chi connectivity index (χ3n) is 4.30. The summed E-state index contributed by atoms with van der Waals surface area (Å²) in [4.78, 5) is 34.4. The summed E-state index contributed by atoms with van der Waals surface area (Å²) < 4.78 is 1.79.